The number of rotatable bonds is 3. The van der Waals surface area contributed by atoms with Gasteiger partial charge in [-0.05, 0) is 33.2 Å². The van der Waals surface area contributed by atoms with Crippen molar-refractivity contribution in [2.75, 3.05) is 11.9 Å². The second-order valence-corrected chi connectivity index (χ2v) is 4.54. The molecule has 17 heavy (non-hydrogen) atoms. The van der Waals surface area contributed by atoms with E-state index in [-0.39, 0.29) is 17.9 Å². The van der Waals surface area contributed by atoms with Crippen LogP contribution in [-0.2, 0) is 11.3 Å². The number of nitrogens with zero attached hydrogens (tertiary/aromatic N) is 2. The molecular formula is C12H20N4O. The Kier molecular flexibility index (Phi) is 3.78. The van der Waals surface area contributed by atoms with Crippen molar-refractivity contribution in [2.45, 2.75) is 39.3 Å². The van der Waals surface area contributed by atoms with Crippen molar-refractivity contribution < 1.29 is 4.79 Å². The van der Waals surface area contributed by atoms with Crippen molar-refractivity contribution >= 4 is 11.7 Å². The normalized spacial score (nSPS) is 24.6. The first-order valence-electron chi connectivity index (χ1n) is 6.28. The van der Waals surface area contributed by atoms with E-state index < -0.39 is 0 Å². The van der Waals surface area contributed by atoms with Gasteiger partial charge in [0.05, 0.1) is 5.92 Å². The van der Waals surface area contributed by atoms with Crippen molar-refractivity contribution in [3.05, 3.63) is 12.3 Å². The highest BCUT2D eigenvalue weighted by atomic mass is 16.2. The van der Waals surface area contributed by atoms with E-state index in [4.69, 9.17) is 0 Å². The number of carbonyl (C=O) groups excluding carboxylic acids is 1. The van der Waals surface area contributed by atoms with Crippen LogP contribution in [0.15, 0.2) is 12.3 Å². The molecule has 1 fully saturated rings. The Balaban J connectivity index is 1.95. The maximum atomic E-state index is 12.1. The zero-order valence-corrected chi connectivity index (χ0v) is 10.4. The minimum absolute atomic E-state index is 0.0514. The van der Waals surface area contributed by atoms with Crippen molar-refractivity contribution in [3.8, 4) is 0 Å². The van der Waals surface area contributed by atoms with Gasteiger partial charge in [0.1, 0.15) is 0 Å². The Bertz CT molecular complexity index is 388. The highest BCUT2D eigenvalue weighted by molar-refractivity contribution is 5.92. The topological polar surface area (TPSA) is 59.0 Å². The third-order valence-electron chi connectivity index (χ3n) is 3.31. The van der Waals surface area contributed by atoms with Crippen LogP contribution in [0.3, 0.4) is 0 Å². The van der Waals surface area contributed by atoms with Crippen molar-refractivity contribution in [2.24, 2.45) is 5.92 Å². The molecule has 0 spiro atoms. The Morgan fingerprint density at radius 2 is 2.53 bits per heavy atom. The number of anilines is 1. The molecule has 0 saturated carbocycles. The van der Waals surface area contributed by atoms with Crippen LogP contribution < -0.4 is 10.6 Å². The lowest BCUT2D eigenvalue weighted by atomic mass is 9.91. The maximum Gasteiger partial charge on any atom is 0.230 e. The zero-order chi connectivity index (χ0) is 12.3. The number of aryl methyl sites for hydroxylation is 1. The molecule has 0 aromatic carbocycles. The van der Waals surface area contributed by atoms with Crippen molar-refractivity contribution in [1.82, 2.24) is 15.1 Å². The molecular weight excluding hydrogens is 216 g/mol. The molecule has 1 saturated heterocycles. The van der Waals surface area contributed by atoms with Gasteiger partial charge in [0.2, 0.25) is 5.91 Å². The van der Waals surface area contributed by atoms with Gasteiger partial charge in [-0.2, -0.15) is 5.10 Å². The van der Waals surface area contributed by atoms with Gasteiger partial charge in [-0.1, -0.05) is 0 Å². The average Bonchev–Trinajstić information content (AvgIpc) is 2.77. The number of carbonyl (C=O) groups is 1. The number of nitrogens with one attached hydrogen (secondary N) is 2. The van der Waals surface area contributed by atoms with E-state index in [1.54, 1.807) is 4.68 Å². The highest BCUT2D eigenvalue weighted by Crippen LogP contribution is 2.18. The fourth-order valence-electron chi connectivity index (χ4n) is 2.23. The molecule has 2 rings (SSSR count). The minimum atomic E-state index is 0.0514. The molecule has 2 N–H and O–H groups in total. The molecule has 1 amide bonds. The first kappa shape index (κ1) is 12.1. The summed E-state index contributed by atoms with van der Waals surface area (Å²) in [4.78, 5) is 12.1. The largest absolute Gasteiger partial charge is 0.313 e. The molecule has 94 valence electrons. The van der Waals surface area contributed by atoms with Crippen LogP contribution in [0, 0.1) is 5.92 Å². The van der Waals surface area contributed by atoms with Crippen LogP contribution >= 0.6 is 0 Å². The summed E-state index contributed by atoms with van der Waals surface area (Å²) < 4.78 is 1.80. The van der Waals surface area contributed by atoms with E-state index >= 15 is 0 Å². The molecule has 2 heterocycles. The summed E-state index contributed by atoms with van der Waals surface area (Å²) >= 11 is 0. The Morgan fingerprint density at radius 3 is 3.18 bits per heavy atom. The summed E-state index contributed by atoms with van der Waals surface area (Å²) in [6.45, 7) is 5.91. The summed E-state index contributed by atoms with van der Waals surface area (Å²) in [6, 6.07) is 2.08. The minimum Gasteiger partial charge on any atom is -0.313 e. The number of hydrogen-bond acceptors (Lipinski definition) is 3. The van der Waals surface area contributed by atoms with Crippen LogP contribution in [0.4, 0.5) is 5.82 Å². The Morgan fingerprint density at radius 1 is 1.71 bits per heavy atom. The van der Waals surface area contributed by atoms with Crippen LogP contribution in [0.1, 0.15) is 26.7 Å². The quantitative estimate of drug-likeness (QED) is 0.830. The van der Waals surface area contributed by atoms with Crippen LogP contribution in [0.25, 0.3) is 0 Å². The lowest BCUT2D eigenvalue weighted by molar-refractivity contribution is -0.121. The summed E-state index contributed by atoms with van der Waals surface area (Å²) in [7, 11) is 0. The first-order chi connectivity index (χ1) is 8.20. The van der Waals surface area contributed by atoms with Gasteiger partial charge < -0.3 is 10.6 Å². The molecule has 0 aliphatic carbocycles. The van der Waals surface area contributed by atoms with Crippen molar-refractivity contribution in [1.29, 1.82) is 0 Å². The fourth-order valence-corrected chi connectivity index (χ4v) is 2.23. The van der Waals surface area contributed by atoms with E-state index in [1.165, 1.54) is 0 Å². The number of hydrogen-bond donors (Lipinski definition) is 2. The van der Waals surface area contributed by atoms with E-state index in [1.807, 2.05) is 19.2 Å². The van der Waals surface area contributed by atoms with Gasteiger partial charge in [0.25, 0.3) is 0 Å². The molecule has 1 aromatic heterocycles. The lowest BCUT2D eigenvalue weighted by Crippen LogP contribution is -2.44. The first-order valence-corrected chi connectivity index (χ1v) is 6.28. The SMILES string of the molecule is CCn1ccc(NC(=O)C2CCCNC2C)n1. The number of amides is 1. The van der Waals surface area contributed by atoms with E-state index in [2.05, 4.69) is 22.7 Å². The van der Waals surface area contributed by atoms with Gasteiger partial charge in [-0.15, -0.1) is 0 Å². The van der Waals surface area contributed by atoms with Gasteiger partial charge in [0.15, 0.2) is 5.82 Å². The predicted molar refractivity (Wildman–Crippen MR) is 66.7 cm³/mol. The molecule has 2 atom stereocenters. The van der Waals surface area contributed by atoms with E-state index in [9.17, 15) is 4.79 Å². The smallest absolute Gasteiger partial charge is 0.230 e. The molecule has 5 heteroatoms. The predicted octanol–water partition coefficient (Wildman–Crippen LogP) is 1.23. The fraction of sp³-hybridized carbons (Fsp3) is 0.667. The second-order valence-electron chi connectivity index (χ2n) is 4.54. The Labute approximate surface area is 102 Å². The number of piperidine rings is 1. The highest BCUT2D eigenvalue weighted by Gasteiger charge is 2.27. The third kappa shape index (κ3) is 2.85. The molecule has 0 radical (unpaired) electrons. The van der Waals surface area contributed by atoms with Gasteiger partial charge in [-0.3, -0.25) is 9.48 Å². The molecule has 1 aliphatic heterocycles. The molecule has 1 aromatic rings. The molecule has 0 bridgehead atoms. The van der Waals surface area contributed by atoms with E-state index in [0.29, 0.717) is 5.82 Å². The Hall–Kier alpha value is -1.36. The summed E-state index contributed by atoms with van der Waals surface area (Å²) in [5, 5.41) is 10.5. The number of aromatic nitrogens is 2. The second kappa shape index (κ2) is 5.31. The average molecular weight is 236 g/mol. The van der Waals surface area contributed by atoms with E-state index in [0.717, 1.165) is 25.9 Å². The monoisotopic (exact) mass is 236 g/mol. The molecule has 2 unspecified atom stereocenters. The van der Waals surface area contributed by atoms with Crippen LogP contribution in [0.5, 0.6) is 0 Å². The van der Waals surface area contributed by atoms with Gasteiger partial charge in [-0.25, -0.2) is 0 Å². The van der Waals surface area contributed by atoms with Gasteiger partial charge >= 0.3 is 0 Å². The summed E-state index contributed by atoms with van der Waals surface area (Å²) in [6.07, 6.45) is 3.89. The van der Waals surface area contributed by atoms with Crippen LogP contribution in [-0.4, -0.2) is 28.3 Å². The molecule has 5 nitrogen and oxygen atoms in total. The standard InChI is InChI=1S/C12H20N4O/c1-3-16-8-6-11(15-16)14-12(17)10-5-4-7-13-9(10)2/h6,8-10,13H,3-5,7H2,1-2H3,(H,14,15,17). The molecule has 1 aliphatic rings. The third-order valence-corrected chi connectivity index (χ3v) is 3.31. The van der Waals surface area contributed by atoms with Crippen molar-refractivity contribution in [3.63, 3.8) is 0 Å². The van der Waals surface area contributed by atoms with Gasteiger partial charge in [0, 0.05) is 24.8 Å². The summed E-state index contributed by atoms with van der Waals surface area (Å²) in [5.74, 6) is 0.774. The lowest BCUT2D eigenvalue weighted by Gasteiger charge is -2.28. The van der Waals surface area contributed by atoms with Crippen LogP contribution in [0.2, 0.25) is 0 Å². The summed E-state index contributed by atoms with van der Waals surface area (Å²) in [5.41, 5.74) is 0. The zero-order valence-electron chi connectivity index (χ0n) is 10.4. The maximum absolute atomic E-state index is 12.1.